The Kier molecular flexibility index (Phi) is 6.51. The molecule has 2 rings (SSSR count). The van der Waals surface area contributed by atoms with E-state index in [2.05, 4.69) is 0 Å². The summed E-state index contributed by atoms with van der Waals surface area (Å²) in [5.41, 5.74) is 1.05. The summed E-state index contributed by atoms with van der Waals surface area (Å²) in [4.78, 5) is 3.01. The van der Waals surface area contributed by atoms with Crippen LogP contribution in [0.2, 0.25) is 5.02 Å². The summed E-state index contributed by atoms with van der Waals surface area (Å²) in [6.07, 6.45) is 0. The quantitative estimate of drug-likeness (QED) is 0.479. The zero-order valence-corrected chi connectivity index (χ0v) is 15.2. The molecule has 0 spiro atoms. The normalized spacial score (nSPS) is 10.2. The molecule has 108 valence electrons. The van der Waals surface area contributed by atoms with Crippen LogP contribution >= 0.6 is 59.6 Å². The van der Waals surface area contributed by atoms with E-state index in [4.69, 9.17) is 36.0 Å². The molecule has 0 bridgehead atoms. The van der Waals surface area contributed by atoms with Crippen LogP contribution in [-0.4, -0.2) is 14.9 Å². The van der Waals surface area contributed by atoms with Crippen LogP contribution in [0.4, 0.5) is 5.69 Å². The second-order valence-corrected chi connectivity index (χ2v) is 8.42. The van der Waals surface area contributed by atoms with Crippen LogP contribution in [0.5, 0.6) is 0 Å². The maximum atomic E-state index is 5.87. The molecular formula is C15H12ClNS4. The van der Waals surface area contributed by atoms with Gasteiger partial charge in [0.2, 0.25) is 0 Å². The van der Waals surface area contributed by atoms with E-state index in [1.807, 2.05) is 66.5 Å². The van der Waals surface area contributed by atoms with Gasteiger partial charge in [0.25, 0.3) is 0 Å². The minimum atomic E-state index is 0.720. The fraction of sp³-hybridized carbons (Fsp3) is 0.0667. The monoisotopic (exact) mass is 369 g/mol. The van der Waals surface area contributed by atoms with Crippen molar-refractivity contribution in [1.29, 1.82) is 0 Å². The summed E-state index contributed by atoms with van der Waals surface area (Å²) >= 11 is 19.6. The second-order valence-electron chi connectivity index (χ2n) is 4.07. The predicted octanol–water partition coefficient (Wildman–Crippen LogP) is 5.87. The molecule has 2 aromatic carbocycles. The molecule has 1 nitrogen and oxygen atoms in total. The first-order valence-corrected chi connectivity index (χ1v) is 8.87. The Morgan fingerprint density at radius 3 is 2.24 bits per heavy atom. The summed E-state index contributed by atoms with van der Waals surface area (Å²) in [5, 5.41) is 0.720. The second kappa shape index (κ2) is 8.15. The van der Waals surface area contributed by atoms with Gasteiger partial charge >= 0.3 is 0 Å². The molecule has 0 fully saturated rings. The number of thioether (sulfide) groups is 2. The molecule has 0 heterocycles. The Hall–Kier alpha value is -0.590. The molecule has 0 unspecified atom stereocenters. The lowest BCUT2D eigenvalue weighted by Crippen LogP contribution is -2.21. The summed E-state index contributed by atoms with van der Waals surface area (Å²) < 4.78 is 1.50. The SMILES string of the molecule is CN(C(=S)SC(=S)Sc1ccc(Cl)cc1)c1ccccc1. The fourth-order valence-electron chi connectivity index (χ4n) is 1.52. The highest BCUT2D eigenvalue weighted by molar-refractivity contribution is 8.54. The van der Waals surface area contributed by atoms with Crippen LogP contribution in [0.3, 0.4) is 0 Å². The fourth-order valence-corrected chi connectivity index (χ4v) is 4.38. The summed E-state index contributed by atoms with van der Waals surface area (Å²) in [6.45, 7) is 0. The van der Waals surface area contributed by atoms with Gasteiger partial charge in [0.15, 0.2) is 0 Å². The Balaban J connectivity index is 1.93. The maximum Gasteiger partial charge on any atom is 0.146 e. The topological polar surface area (TPSA) is 3.24 Å². The third kappa shape index (κ3) is 5.27. The van der Waals surface area contributed by atoms with Gasteiger partial charge in [0.05, 0.1) is 0 Å². The minimum absolute atomic E-state index is 0.720. The van der Waals surface area contributed by atoms with Crippen LogP contribution < -0.4 is 4.90 Å². The zero-order chi connectivity index (χ0) is 15.2. The molecule has 0 aromatic heterocycles. The van der Waals surface area contributed by atoms with Gasteiger partial charge in [0.1, 0.15) is 7.85 Å². The van der Waals surface area contributed by atoms with Gasteiger partial charge in [-0.3, -0.25) is 0 Å². The van der Waals surface area contributed by atoms with E-state index < -0.39 is 0 Å². The molecule has 21 heavy (non-hydrogen) atoms. The smallest absolute Gasteiger partial charge is 0.146 e. The molecule has 0 saturated heterocycles. The highest BCUT2D eigenvalue weighted by atomic mass is 35.5. The number of para-hydroxylation sites is 1. The largest absolute Gasteiger partial charge is 0.330 e. The molecule has 0 atom stereocenters. The molecule has 0 aliphatic rings. The van der Waals surface area contributed by atoms with Crippen molar-refractivity contribution in [2.75, 3.05) is 11.9 Å². The lowest BCUT2D eigenvalue weighted by molar-refractivity contribution is 1.31. The highest BCUT2D eigenvalue weighted by Crippen LogP contribution is 2.29. The first kappa shape index (κ1) is 16.8. The Morgan fingerprint density at radius 1 is 1.00 bits per heavy atom. The molecular weight excluding hydrogens is 358 g/mol. The van der Waals surface area contributed by atoms with E-state index in [9.17, 15) is 0 Å². The van der Waals surface area contributed by atoms with E-state index >= 15 is 0 Å². The number of nitrogens with zero attached hydrogens (tertiary/aromatic N) is 1. The number of rotatable bonds is 2. The molecule has 0 aliphatic heterocycles. The van der Waals surface area contributed by atoms with Gasteiger partial charge in [-0.15, -0.1) is 0 Å². The van der Waals surface area contributed by atoms with Crippen molar-refractivity contribution in [1.82, 2.24) is 0 Å². The summed E-state index contributed by atoms with van der Waals surface area (Å²) in [5.74, 6) is 0. The van der Waals surface area contributed by atoms with Crippen molar-refractivity contribution >= 4 is 73.1 Å². The van der Waals surface area contributed by atoms with Crippen molar-refractivity contribution in [3.63, 3.8) is 0 Å². The third-order valence-corrected chi connectivity index (χ3v) is 5.67. The Labute approximate surface area is 149 Å². The van der Waals surface area contributed by atoms with Crippen molar-refractivity contribution in [2.24, 2.45) is 0 Å². The first-order valence-electron chi connectivity index (χ1n) is 6.04. The van der Waals surface area contributed by atoms with Gasteiger partial charge in [-0.25, -0.2) is 0 Å². The van der Waals surface area contributed by atoms with E-state index in [-0.39, 0.29) is 0 Å². The molecule has 0 amide bonds. The van der Waals surface area contributed by atoms with Crippen LogP contribution in [0.1, 0.15) is 0 Å². The summed E-state index contributed by atoms with van der Waals surface area (Å²) in [6, 6.07) is 17.6. The first-order chi connectivity index (χ1) is 10.1. The van der Waals surface area contributed by atoms with Crippen LogP contribution in [0.25, 0.3) is 0 Å². The molecule has 0 aliphatic carbocycles. The minimum Gasteiger partial charge on any atom is -0.330 e. The Morgan fingerprint density at radius 2 is 1.62 bits per heavy atom. The number of hydrogen-bond donors (Lipinski definition) is 0. The highest BCUT2D eigenvalue weighted by Gasteiger charge is 2.11. The van der Waals surface area contributed by atoms with Gasteiger partial charge in [0, 0.05) is 22.7 Å². The zero-order valence-electron chi connectivity index (χ0n) is 11.2. The van der Waals surface area contributed by atoms with Crippen LogP contribution in [0.15, 0.2) is 59.5 Å². The van der Waals surface area contributed by atoms with Crippen LogP contribution in [0, 0.1) is 0 Å². The standard InChI is InChI=1S/C15H12ClNS4/c1-17(12-5-3-2-4-6-12)14(18)21-15(19)20-13-9-7-11(16)8-10-13/h2-10H,1H3. The third-order valence-electron chi connectivity index (χ3n) is 2.60. The van der Waals surface area contributed by atoms with Gasteiger partial charge in [-0.2, -0.15) is 0 Å². The Bertz CT molecular complexity index is 628. The van der Waals surface area contributed by atoms with E-state index in [1.165, 1.54) is 23.5 Å². The number of thiocarbonyl (C=S) groups is 2. The van der Waals surface area contributed by atoms with Crippen LogP contribution in [-0.2, 0) is 0 Å². The van der Waals surface area contributed by atoms with Crippen molar-refractivity contribution in [3.8, 4) is 0 Å². The van der Waals surface area contributed by atoms with E-state index in [1.54, 1.807) is 0 Å². The average Bonchev–Trinajstić information content (AvgIpc) is 2.49. The number of hydrogen-bond acceptors (Lipinski definition) is 4. The van der Waals surface area contributed by atoms with Crippen molar-refractivity contribution in [3.05, 3.63) is 59.6 Å². The lowest BCUT2D eigenvalue weighted by Gasteiger charge is -2.19. The van der Waals surface area contributed by atoms with E-state index in [0.29, 0.717) is 0 Å². The van der Waals surface area contributed by atoms with Gasteiger partial charge in [-0.05, 0) is 48.2 Å². The summed E-state index contributed by atoms with van der Waals surface area (Å²) in [7, 11) is 1.94. The molecule has 0 N–H and O–H groups in total. The average molecular weight is 370 g/mol. The maximum absolute atomic E-state index is 5.87. The molecule has 0 radical (unpaired) electrons. The van der Waals surface area contributed by atoms with E-state index in [0.717, 1.165) is 23.5 Å². The lowest BCUT2D eigenvalue weighted by atomic mass is 10.3. The number of benzene rings is 2. The number of halogens is 1. The molecule has 2 aromatic rings. The molecule has 6 heteroatoms. The molecule has 0 saturated carbocycles. The van der Waals surface area contributed by atoms with Gasteiger partial charge < -0.3 is 4.90 Å². The van der Waals surface area contributed by atoms with Gasteiger partial charge in [-0.1, -0.05) is 66.0 Å². The predicted molar refractivity (Wildman–Crippen MR) is 105 cm³/mol. The van der Waals surface area contributed by atoms with Crippen molar-refractivity contribution < 1.29 is 0 Å². The van der Waals surface area contributed by atoms with Crippen molar-refractivity contribution in [2.45, 2.75) is 4.90 Å². The number of anilines is 1.